The van der Waals surface area contributed by atoms with Crippen molar-refractivity contribution in [3.8, 4) is 0 Å². The molecule has 1 N–H and O–H groups in total. The molecule has 0 bridgehead atoms. The van der Waals surface area contributed by atoms with Crippen LogP contribution in [-0.4, -0.2) is 23.7 Å². The maximum Gasteiger partial charge on any atom is 0.345 e. The van der Waals surface area contributed by atoms with Gasteiger partial charge in [-0.3, -0.25) is 0 Å². The molecule has 80 valence electrons. The van der Waals surface area contributed by atoms with Gasteiger partial charge in [0.05, 0.1) is 0 Å². The van der Waals surface area contributed by atoms with Gasteiger partial charge in [-0.1, -0.05) is 25.2 Å². The normalized spacial score (nSPS) is 19.1. The van der Waals surface area contributed by atoms with Gasteiger partial charge in [-0.05, 0) is 18.1 Å². The van der Waals surface area contributed by atoms with E-state index in [-0.39, 0.29) is 12.2 Å². The molecule has 15 heavy (non-hydrogen) atoms. The van der Waals surface area contributed by atoms with Crippen LogP contribution in [0.5, 0.6) is 0 Å². The zero-order chi connectivity index (χ0) is 11.3. The third-order valence-electron chi connectivity index (χ3n) is 1.83. The van der Waals surface area contributed by atoms with Crippen molar-refractivity contribution in [2.45, 2.75) is 13.3 Å². The lowest BCUT2D eigenvalue weighted by molar-refractivity contribution is -0.144. The summed E-state index contributed by atoms with van der Waals surface area (Å²) >= 11 is 0. The highest BCUT2D eigenvalue weighted by molar-refractivity contribution is 6.14. The summed E-state index contributed by atoms with van der Waals surface area (Å²) in [6.45, 7) is 2.12. The van der Waals surface area contributed by atoms with Crippen LogP contribution in [-0.2, 0) is 14.3 Å². The Morgan fingerprint density at radius 3 is 3.00 bits per heavy atom. The summed E-state index contributed by atoms with van der Waals surface area (Å²) in [6, 6.07) is 0. The van der Waals surface area contributed by atoms with Gasteiger partial charge in [0.15, 0.2) is 0 Å². The van der Waals surface area contributed by atoms with E-state index in [1.807, 2.05) is 19.1 Å². The molecule has 0 unspecified atom stereocenters. The summed E-state index contributed by atoms with van der Waals surface area (Å²) in [5.41, 5.74) is 0.356. The van der Waals surface area contributed by atoms with Gasteiger partial charge in [-0.25, -0.2) is 9.59 Å². The maximum atomic E-state index is 11.0. The van der Waals surface area contributed by atoms with E-state index in [0.717, 1.165) is 6.42 Å². The average Bonchev–Trinajstić information content (AvgIpc) is 2.20. The highest BCUT2D eigenvalue weighted by atomic mass is 16.5. The van der Waals surface area contributed by atoms with E-state index in [1.54, 1.807) is 6.08 Å². The van der Waals surface area contributed by atoms with Crippen molar-refractivity contribution in [3.63, 3.8) is 0 Å². The summed E-state index contributed by atoms with van der Waals surface area (Å²) in [5, 5.41) is 8.68. The number of ether oxygens (including phenoxy) is 1. The molecule has 0 aromatic carbocycles. The molecule has 4 heteroatoms. The minimum absolute atomic E-state index is 0.129. The summed E-state index contributed by atoms with van der Waals surface area (Å²) < 4.78 is 4.70. The van der Waals surface area contributed by atoms with Crippen molar-refractivity contribution in [1.29, 1.82) is 0 Å². The first kappa shape index (κ1) is 11.2. The third kappa shape index (κ3) is 3.09. The van der Waals surface area contributed by atoms with Gasteiger partial charge in [-0.15, -0.1) is 0 Å². The Hall–Kier alpha value is -1.84. The quantitative estimate of drug-likeness (QED) is 0.563. The van der Waals surface area contributed by atoms with Gasteiger partial charge < -0.3 is 9.84 Å². The first-order valence-electron chi connectivity index (χ1n) is 4.63. The number of esters is 1. The Morgan fingerprint density at radius 2 is 2.40 bits per heavy atom. The van der Waals surface area contributed by atoms with Crippen LogP contribution >= 0.6 is 0 Å². The van der Waals surface area contributed by atoms with Crippen LogP contribution in [0.4, 0.5) is 0 Å². The lowest BCUT2D eigenvalue weighted by Crippen LogP contribution is -2.21. The number of cyclic esters (lactones) is 1. The van der Waals surface area contributed by atoms with E-state index in [9.17, 15) is 9.59 Å². The second kappa shape index (κ2) is 5.14. The molecule has 1 rings (SSSR count). The fourth-order valence-corrected chi connectivity index (χ4v) is 1.09. The number of carbonyl (C=O) groups excluding carboxylic acids is 1. The molecule has 0 spiro atoms. The Kier molecular flexibility index (Phi) is 3.85. The van der Waals surface area contributed by atoms with Gasteiger partial charge in [0.25, 0.3) is 0 Å². The van der Waals surface area contributed by atoms with Crippen molar-refractivity contribution in [2.24, 2.45) is 0 Å². The average molecular weight is 208 g/mol. The smallest absolute Gasteiger partial charge is 0.345 e. The Bertz CT molecular complexity index is 361. The molecule has 0 amide bonds. The number of aliphatic carboxylic acids is 1. The molecule has 4 nitrogen and oxygen atoms in total. The summed E-state index contributed by atoms with van der Waals surface area (Å²) in [4.78, 5) is 21.6. The maximum absolute atomic E-state index is 11.0. The van der Waals surface area contributed by atoms with Crippen molar-refractivity contribution in [3.05, 3.63) is 35.5 Å². The summed E-state index contributed by atoms with van der Waals surface area (Å²) in [6.07, 6.45) is 7.72. The molecular weight excluding hydrogens is 196 g/mol. The number of hydrogen-bond donors (Lipinski definition) is 1. The number of hydrogen-bond acceptors (Lipinski definition) is 3. The molecule has 0 aromatic heterocycles. The summed E-state index contributed by atoms with van der Waals surface area (Å²) in [5.74, 6) is -2.04. The molecule has 0 saturated heterocycles. The van der Waals surface area contributed by atoms with Crippen molar-refractivity contribution in [1.82, 2.24) is 0 Å². The predicted molar refractivity (Wildman–Crippen MR) is 54.2 cm³/mol. The zero-order valence-corrected chi connectivity index (χ0v) is 8.40. The Balaban J connectivity index is 2.87. The monoisotopic (exact) mass is 208 g/mol. The second-order valence-corrected chi connectivity index (χ2v) is 3.02. The Morgan fingerprint density at radius 1 is 1.67 bits per heavy atom. The van der Waals surface area contributed by atoms with E-state index in [1.165, 1.54) is 6.08 Å². The fourth-order valence-electron chi connectivity index (χ4n) is 1.09. The molecule has 1 aliphatic heterocycles. The zero-order valence-electron chi connectivity index (χ0n) is 8.40. The third-order valence-corrected chi connectivity index (χ3v) is 1.83. The van der Waals surface area contributed by atoms with Crippen LogP contribution in [0.1, 0.15) is 13.3 Å². The number of carboxylic acid groups (broad SMARTS) is 1. The lowest BCUT2D eigenvalue weighted by atomic mass is 10.1. The van der Waals surface area contributed by atoms with Gasteiger partial charge in [0.1, 0.15) is 12.2 Å². The number of rotatable bonds is 3. The predicted octanol–water partition coefficient (Wildman–Crippen LogP) is 1.45. The molecule has 0 fully saturated rings. The largest absolute Gasteiger partial charge is 0.477 e. The van der Waals surface area contributed by atoms with E-state index in [0.29, 0.717) is 5.57 Å². The molecular formula is C11H12O4. The van der Waals surface area contributed by atoms with E-state index in [2.05, 4.69) is 0 Å². The minimum atomic E-state index is -1.26. The number of carbonyl (C=O) groups is 2. The number of carboxylic acids is 1. The van der Waals surface area contributed by atoms with Crippen LogP contribution < -0.4 is 0 Å². The first-order chi connectivity index (χ1) is 7.15. The Labute approximate surface area is 87.5 Å². The molecule has 0 atom stereocenters. The van der Waals surface area contributed by atoms with Crippen molar-refractivity contribution < 1.29 is 19.4 Å². The molecule has 1 heterocycles. The van der Waals surface area contributed by atoms with Gasteiger partial charge in [0.2, 0.25) is 0 Å². The summed E-state index contributed by atoms with van der Waals surface area (Å²) in [7, 11) is 0. The van der Waals surface area contributed by atoms with E-state index in [4.69, 9.17) is 9.84 Å². The molecule has 1 aliphatic rings. The topological polar surface area (TPSA) is 63.6 Å². The number of allylic oxidation sites excluding steroid dienone is 3. The van der Waals surface area contributed by atoms with Crippen molar-refractivity contribution in [2.75, 3.05) is 6.61 Å². The fraction of sp³-hybridized carbons (Fsp3) is 0.273. The van der Waals surface area contributed by atoms with Crippen LogP contribution in [0.25, 0.3) is 0 Å². The molecule has 0 aliphatic carbocycles. The highest BCUT2D eigenvalue weighted by Crippen LogP contribution is 2.13. The van der Waals surface area contributed by atoms with Crippen LogP contribution in [0.15, 0.2) is 35.5 Å². The molecule has 0 radical (unpaired) electrons. The SMILES string of the molecule is CC/C=C\C=C1\C=C(C(=O)O)C(=O)OC1. The highest BCUT2D eigenvalue weighted by Gasteiger charge is 2.23. The molecule has 0 saturated carbocycles. The second-order valence-electron chi connectivity index (χ2n) is 3.02. The lowest BCUT2D eigenvalue weighted by Gasteiger charge is -2.11. The van der Waals surface area contributed by atoms with Crippen LogP contribution in [0.3, 0.4) is 0 Å². The van der Waals surface area contributed by atoms with Gasteiger partial charge >= 0.3 is 11.9 Å². The standard InChI is InChI=1S/C11H12O4/c1-2-3-4-5-8-6-9(10(12)13)11(14)15-7-8/h3-6H,2,7H2,1H3,(H,12,13)/b4-3-,8-5-. The van der Waals surface area contributed by atoms with Crippen LogP contribution in [0.2, 0.25) is 0 Å². The van der Waals surface area contributed by atoms with Crippen LogP contribution in [0, 0.1) is 0 Å². The minimum Gasteiger partial charge on any atom is -0.477 e. The van der Waals surface area contributed by atoms with Crippen molar-refractivity contribution >= 4 is 11.9 Å². The van der Waals surface area contributed by atoms with Gasteiger partial charge in [-0.2, -0.15) is 0 Å². The van der Waals surface area contributed by atoms with Gasteiger partial charge in [0, 0.05) is 0 Å². The molecule has 0 aromatic rings. The van der Waals surface area contributed by atoms with E-state index >= 15 is 0 Å². The van der Waals surface area contributed by atoms with E-state index < -0.39 is 11.9 Å². The first-order valence-corrected chi connectivity index (χ1v) is 4.63.